The number of carbonyl (C=O) groups excluding carboxylic acids is 1. The van der Waals surface area contributed by atoms with E-state index in [1.807, 2.05) is 54.6 Å². The third kappa shape index (κ3) is 5.63. The van der Waals surface area contributed by atoms with Crippen LogP contribution in [0.3, 0.4) is 0 Å². The Balaban J connectivity index is 0.00000272. The third-order valence-electron chi connectivity index (χ3n) is 5.05. The third-order valence-corrected chi connectivity index (χ3v) is 5.05. The molecule has 2 N–H and O–H groups in total. The number of nitrogens with one attached hydrogen (secondary N) is 2. The predicted molar refractivity (Wildman–Crippen MR) is 133 cm³/mol. The summed E-state index contributed by atoms with van der Waals surface area (Å²) >= 11 is 0. The van der Waals surface area contributed by atoms with Gasteiger partial charge in [-0.3, -0.25) is 9.79 Å². The van der Waals surface area contributed by atoms with Crippen molar-refractivity contribution >= 4 is 41.5 Å². The van der Waals surface area contributed by atoms with Crippen LogP contribution >= 0.6 is 24.0 Å². The molecular formula is C23H26IN5O2. The van der Waals surface area contributed by atoms with Crippen LogP contribution in [-0.4, -0.2) is 36.5 Å². The average Bonchev–Trinajstić information content (AvgIpc) is 3.39. The van der Waals surface area contributed by atoms with Crippen LogP contribution in [0.15, 0.2) is 70.2 Å². The van der Waals surface area contributed by atoms with Crippen LogP contribution < -0.4 is 15.5 Å². The van der Waals surface area contributed by atoms with E-state index in [0.29, 0.717) is 31.4 Å². The highest BCUT2D eigenvalue weighted by Gasteiger charge is 2.31. The molecule has 8 heteroatoms. The lowest BCUT2D eigenvalue weighted by Gasteiger charge is -2.18. The molecule has 0 aliphatic carbocycles. The van der Waals surface area contributed by atoms with Gasteiger partial charge in [0.1, 0.15) is 0 Å². The molecule has 0 saturated carbocycles. The first-order valence-corrected chi connectivity index (χ1v) is 9.96. The average molecular weight is 531 g/mol. The molecule has 1 aliphatic rings. The number of aliphatic imine (C=N–C) groups is 1. The van der Waals surface area contributed by atoms with Crippen molar-refractivity contribution in [3.05, 3.63) is 72.2 Å². The molecule has 1 atom stereocenters. The number of oxazole rings is 1. The second kappa shape index (κ2) is 10.4. The minimum atomic E-state index is -0.0171. The quantitative estimate of drug-likeness (QED) is 0.298. The largest absolute Gasteiger partial charge is 0.439 e. The Bertz CT molecular complexity index is 1030. The standard InChI is InChI=1S/C23H25N5O2.HI/c1-16-8-10-17(11-9-16)20-13-25-21(30-20)14-26-23(24-2)27-18-12-22(29)28(15-18)19-6-4-3-5-7-19;/h3-11,13,18H,12,14-15H2,1-2H3,(H2,24,26,27);1H. The van der Waals surface area contributed by atoms with E-state index in [9.17, 15) is 4.79 Å². The highest BCUT2D eigenvalue weighted by Crippen LogP contribution is 2.22. The molecule has 0 bridgehead atoms. The Hall–Kier alpha value is -2.88. The first-order valence-electron chi connectivity index (χ1n) is 9.96. The second-order valence-corrected chi connectivity index (χ2v) is 7.30. The summed E-state index contributed by atoms with van der Waals surface area (Å²) in [4.78, 5) is 22.8. The van der Waals surface area contributed by atoms with Gasteiger partial charge < -0.3 is 20.0 Å². The minimum Gasteiger partial charge on any atom is -0.439 e. The summed E-state index contributed by atoms with van der Waals surface area (Å²) in [6, 6.07) is 17.8. The molecular weight excluding hydrogens is 505 g/mol. The van der Waals surface area contributed by atoms with Crippen LogP contribution in [0.4, 0.5) is 5.69 Å². The lowest BCUT2D eigenvalue weighted by Crippen LogP contribution is -2.44. The van der Waals surface area contributed by atoms with Gasteiger partial charge in [-0.05, 0) is 19.1 Å². The van der Waals surface area contributed by atoms with Gasteiger partial charge in [-0.1, -0.05) is 48.0 Å². The summed E-state index contributed by atoms with van der Waals surface area (Å²) in [5.74, 6) is 2.01. The van der Waals surface area contributed by atoms with E-state index in [0.717, 1.165) is 17.0 Å². The van der Waals surface area contributed by atoms with Gasteiger partial charge in [-0.2, -0.15) is 0 Å². The van der Waals surface area contributed by atoms with Crippen molar-refractivity contribution in [3.8, 4) is 11.3 Å². The molecule has 1 amide bonds. The first-order chi connectivity index (χ1) is 14.6. The maximum Gasteiger partial charge on any atom is 0.229 e. The van der Waals surface area contributed by atoms with E-state index in [1.54, 1.807) is 18.1 Å². The molecule has 162 valence electrons. The summed E-state index contributed by atoms with van der Waals surface area (Å²) in [6.07, 6.45) is 2.15. The topological polar surface area (TPSA) is 82.8 Å². The van der Waals surface area contributed by atoms with E-state index in [1.165, 1.54) is 5.56 Å². The molecule has 2 heterocycles. The van der Waals surface area contributed by atoms with Crippen LogP contribution in [0.2, 0.25) is 0 Å². The second-order valence-electron chi connectivity index (χ2n) is 7.30. The zero-order valence-corrected chi connectivity index (χ0v) is 19.9. The van der Waals surface area contributed by atoms with Gasteiger partial charge >= 0.3 is 0 Å². The van der Waals surface area contributed by atoms with Gasteiger partial charge in [0.05, 0.1) is 18.8 Å². The molecule has 0 radical (unpaired) electrons. The highest BCUT2D eigenvalue weighted by atomic mass is 127. The molecule has 1 aromatic heterocycles. The first kappa shape index (κ1) is 22.8. The fraction of sp³-hybridized carbons (Fsp3) is 0.261. The summed E-state index contributed by atoms with van der Waals surface area (Å²) in [5.41, 5.74) is 3.11. The Morgan fingerprint density at radius 3 is 2.65 bits per heavy atom. The van der Waals surface area contributed by atoms with Crippen molar-refractivity contribution in [2.45, 2.75) is 25.9 Å². The summed E-state index contributed by atoms with van der Waals surface area (Å²) in [7, 11) is 1.70. The Morgan fingerprint density at radius 2 is 1.94 bits per heavy atom. The van der Waals surface area contributed by atoms with E-state index < -0.39 is 0 Å². The van der Waals surface area contributed by atoms with Crippen LogP contribution in [0.5, 0.6) is 0 Å². The number of anilines is 1. The number of aromatic nitrogens is 1. The zero-order chi connectivity index (χ0) is 20.9. The number of guanidine groups is 1. The van der Waals surface area contributed by atoms with Gasteiger partial charge in [0, 0.05) is 31.3 Å². The number of rotatable bonds is 5. The van der Waals surface area contributed by atoms with E-state index >= 15 is 0 Å². The van der Waals surface area contributed by atoms with Crippen molar-refractivity contribution in [2.75, 3.05) is 18.5 Å². The van der Waals surface area contributed by atoms with Crippen molar-refractivity contribution in [1.29, 1.82) is 0 Å². The monoisotopic (exact) mass is 531 g/mol. The van der Waals surface area contributed by atoms with E-state index in [-0.39, 0.29) is 35.9 Å². The van der Waals surface area contributed by atoms with Crippen LogP contribution in [0, 0.1) is 6.92 Å². The fourth-order valence-corrected chi connectivity index (χ4v) is 3.45. The smallest absolute Gasteiger partial charge is 0.229 e. The zero-order valence-electron chi connectivity index (χ0n) is 17.5. The number of halogens is 1. The Kier molecular flexibility index (Phi) is 7.67. The predicted octanol–water partition coefficient (Wildman–Crippen LogP) is 3.74. The molecule has 3 aromatic rings. The molecule has 1 unspecified atom stereocenters. The Morgan fingerprint density at radius 1 is 1.19 bits per heavy atom. The molecule has 0 spiro atoms. The molecule has 7 nitrogen and oxygen atoms in total. The lowest BCUT2D eigenvalue weighted by molar-refractivity contribution is -0.117. The Labute approximate surface area is 199 Å². The van der Waals surface area contributed by atoms with Gasteiger partial charge in [0.25, 0.3) is 0 Å². The van der Waals surface area contributed by atoms with Gasteiger partial charge in [0.15, 0.2) is 11.7 Å². The van der Waals surface area contributed by atoms with Gasteiger partial charge in [0.2, 0.25) is 11.8 Å². The SMILES string of the molecule is CN=C(NCc1ncc(-c2ccc(C)cc2)o1)NC1CC(=O)N(c2ccccc2)C1.I. The fourth-order valence-electron chi connectivity index (χ4n) is 3.45. The number of hydrogen-bond acceptors (Lipinski definition) is 4. The van der Waals surface area contributed by atoms with E-state index in [2.05, 4.69) is 27.5 Å². The van der Waals surface area contributed by atoms with E-state index in [4.69, 9.17) is 4.42 Å². The minimum absolute atomic E-state index is 0. The molecule has 1 aliphatic heterocycles. The van der Waals surface area contributed by atoms with Crippen molar-refractivity contribution in [2.24, 2.45) is 4.99 Å². The number of benzene rings is 2. The number of nitrogens with zero attached hydrogens (tertiary/aromatic N) is 3. The summed E-state index contributed by atoms with van der Waals surface area (Å²) < 4.78 is 5.85. The van der Waals surface area contributed by atoms with Crippen LogP contribution in [0.1, 0.15) is 17.9 Å². The maximum atomic E-state index is 12.4. The van der Waals surface area contributed by atoms with Gasteiger partial charge in [-0.15, -0.1) is 24.0 Å². The normalized spacial score (nSPS) is 16.2. The summed E-state index contributed by atoms with van der Waals surface area (Å²) in [5, 5.41) is 6.53. The molecule has 31 heavy (non-hydrogen) atoms. The lowest BCUT2D eigenvalue weighted by atomic mass is 10.1. The number of hydrogen-bond donors (Lipinski definition) is 2. The number of para-hydroxylation sites is 1. The maximum absolute atomic E-state index is 12.4. The number of amides is 1. The van der Waals surface area contributed by atoms with Crippen LogP contribution in [-0.2, 0) is 11.3 Å². The molecule has 4 rings (SSSR count). The number of aryl methyl sites for hydroxylation is 1. The van der Waals surface area contributed by atoms with Crippen molar-refractivity contribution in [3.63, 3.8) is 0 Å². The number of carbonyl (C=O) groups is 1. The summed E-state index contributed by atoms with van der Waals surface area (Å²) in [6.45, 7) is 3.05. The molecule has 1 fully saturated rings. The molecule has 1 saturated heterocycles. The van der Waals surface area contributed by atoms with Crippen LogP contribution in [0.25, 0.3) is 11.3 Å². The van der Waals surface area contributed by atoms with Crippen molar-refractivity contribution < 1.29 is 9.21 Å². The van der Waals surface area contributed by atoms with Crippen molar-refractivity contribution in [1.82, 2.24) is 15.6 Å². The molecule has 2 aromatic carbocycles. The highest BCUT2D eigenvalue weighted by molar-refractivity contribution is 14.0. The van der Waals surface area contributed by atoms with Gasteiger partial charge in [-0.25, -0.2) is 4.98 Å².